The number of pyridine rings is 1. The molecule has 3 rings (SSSR count). The van der Waals surface area contributed by atoms with Crippen molar-refractivity contribution in [2.45, 2.75) is 25.0 Å². The van der Waals surface area contributed by atoms with Crippen LogP contribution in [0.3, 0.4) is 0 Å². The van der Waals surface area contributed by atoms with Gasteiger partial charge in [-0.1, -0.05) is 0 Å². The number of aromatic hydroxyl groups is 1. The van der Waals surface area contributed by atoms with Crippen molar-refractivity contribution in [2.24, 2.45) is 11.8 Å². The van der Waals surface area contributed by atoms with Gasteiger partial charge >= 0.3 is 0 Å². The topological polar surface area (TPSA) is 103 Å². The van der Waals surface area contributed by atoms with E-state index >= 15 is 0 Å². The summed E-state index contributed by atoms with van der Waals surface area (Å²) in [5.41, 5.74) is 0.397. The summed E-state index contributed by atoms with van der Waals surface area (Å²) in [4.78, 5) is 29.1. The minimum Gasteiger partial charge on any atom is -0.506 e. The fourth-order valence-electron chi connectivity index (χ4n) is 4.03. The molecule has 26 heavy (non-hydrogen) atoms. The van der Waals surface area contributed by atoms with E-state index in [1.54, 1.807) is 13.2 Å². The summed E-state index contributed by atoms with van der Waals surface area (Å²) >= 11 is 0. The third-order valence-corrected chi connectivity index (χ3v) is 5.31. The number of hydrogen-bond acceptors (Lipinski definition) is 6. The van der Waals surface area contributed by atoms with Crippen molar-refractivity contribution in [3.05, 3.63) is 24.0 Å². The number of carboxylic acid groups (broad SMARTS) is 1. The summed E-state index contributed by atoms with van der Waals surface area (Å²) in [5, 5.41) is 16.2. The predicted octanol–water partition coefficient (Wildman–Crippen LogP) is 0.915. The fourth-order valence-corrected chi connectivity index (χ4v) is 4.03. The molecule has 0 bridgehead atoms. The van der Waals surface area contributed by atoms with Crippen molar-refractivity contribution in [1.29, 1.82) is 0 Å². The molecule has 2 heterocycles. The highest BCUT2D eigenvalue weighted by atomic mass is 16.5. The lowest BCUT2D eigenvalue weighted by Crippen LogP contribution is -2.47. The Labute approximate surface area is 153 Å². The number of aromatic nitrogens is 1. The van der Waals surface area contributed by atoms with Gasteiger partial charge in [0, 0.05) is 26.2 Å². The second kappa shape index (κ2) is 8.95. The minimum atomic E-state index is -0.250. The maximum Gasteiger partial charge on any atom is 0.290 e. The zero-order chi connectivity index (χ0) is 19.3. The SMILES string of the molecule is CO[C@@H]1C[C@H]2CN(C(=O)c3ccc(O)cn3)C[C@H]2C[C@H]1N(C)C.O=CO. The predicted molar refractivity (Wildman–Crippen MR) is 95.0 cm³/mol. The summed E-state index contributed by atoms with van der Waals surface area (Å²) in [7, 11) is 5.96. The third-order valence-electron chi connectivity index (χ3n) is 5.31. The lowest BCUT2D eigenvalue weighted by molar-refractivity contribution is -0.122. The highest BCUT2D eigenvalue weighted by Crippen LogP contribution is 2.39. The van der Waals surface area contributed by atoms with E-state index in [1.807, 2.05) is 4.90 Å². The number of carbonyl (C=O) groups is 2. The molecule has 8 nitrogen and oxygen atoms in total. The van der Waals surface area contributed by atoms with Crippen LogP contribution in [-0.2, 0) is 9.53 Å². The van der Waals surface area contributed by atoms with Crippen LogP contribution in [0.1, 0.15) is 23.3 Å². The van der Waals surface area contributed by atoms with Gasteiger partial charge in [-0.15, -0.1) is 0 Å². The summed E-state index contributed by atoms with van der Waals surface area (Å²) in [6, 6.07) is 3.50. The number of likely N-dealkylation sites (N-methyl/N-ethyl adjacent to an activating group) is 1. The Morgan fingerprint density at radius 2 is 1.92 bits per heavy atom. The van der Waals surface area contributed by atoms with E-state index in [0.717, 1.165) is 25.9 Å². The van der Waals surface area contributed by atoms with Gasteiger partial charge in [0.05, 0.1) is 12.3 Å². The van der Waals surface area contributed by atoms with Gasteiger partial charge in [-0.25, -0.2) is 4.98 Å². The van der Waals surface area contributed by atoms with E-state index < -0.39 is 0 Å². The van der Waals surface area contributed by atoms with Gasteiger partial charge in [-0.2, -0.15) is 0 Å². The quantitative estimate of drug-likeness (QED) is 0.768. The zero-order valence-corrected chi connectivity index (χ0v) is 15.4. The first-order valence-corrected chi connectivity index (χ1v) is 8.62. The van der Waals surface area contributed by atoms with Crippen molar-refractivity contribution in [3.63, 3.8) is 0 Å². The van der Waals surface area contributed by atoms with E-state index in [4.69, 9.17) is 14.6 Å². The largest absolute Gasteiger partial charge is 0.506 e. The van der Waals surface area contributed by atoms with E-state index in [0.29, 0.717) is 23.6 Å². The highest BCUT2D eigenvalue weighted by Gasteiger charge is 2.44. The van der Waals surface area contributed by atoms with Crippen LogP contribution >= 0.6 is 0 Å². The number of amides is 1. The van der Waals surface area contributed by atoms with E-state index in [9.17, 15) is 9.90 Å². The minimum absolute atomic E-state index is 0.0465. The highest BCUT2D eigenvalue weighted by molar-refractivity contribution is 5.92. The fraction of sp³-hybridized carbons (Fsp3) is 0.611. The van der Waals surface area contributed by atoms with Crippen molar-refractivity contribution in [3.8, 4) is 5.75 Å². The van der Waals surface area contributed by atoms with Crippen LogP contribution in [0.15, 0.2) is 18.3 Å². The van der Waals surface area contributed by atoms with Crippen LogP contribution in [0.25, 0.3) is 0 Å². The average molecular weight is 365 g/mol. The molecule has 1 amide bonds. The Morgan fingerprint density at radius 3 is 2.42 bits per heavy atom. The number of ether oxygens (including phenoxy) is 1. The van der Waals surface area contributed by atoms with Crippen molar-refractivity contribution >= 4 is 12.4 Å². The Morgan fingerprint density at radius 1 is 1.31 bits per heavy atom. The lowest BCUT2D eigenvalue weighted by atomic mass is 9.77. The molecule has 2 N–H and O–H groups in total. The number of rotatable bonds is 3. The molecule has 1 aliphatic heterocycles. The summed E-state index contributed by atoms with van der Waals surface area (Å²) in [5.74, 6) is 1.05. The molecule has 2 fully saturated rings. The van der Waals surface area contributed by atoms with Gasteiger partial charge in [0.1, 0.15) is 11.4 Å². The van der Waals surface area contributed by atoms with Crippen LogP contribution < -0.4 is 0 Å². The molecule has 2 aliphatic rings. The van der Waals surface area contributed by atoms with Crippen LogP contribution in [0.2, 0.25) is 0 Å². The Hall–Kier alpha value is -2.19. The average Bonchev–Trinajstić information content (AvgIpc) is 3.04. The molecule has 144 valence electrons. The molecule has 0 spiro atoms. The van der Waals surface area contributed by atoms with Gasteiger partial charge in [0.2, 0.25) is 0 Å². The first-order valence-electron chi connectivity index (χ1n) is 8.62. The van der Waals surface area contributed by atoms with E-state index in [2.05, 4.69) is 24.0 Å². The lowest BCUT2D eigenvalue weighted by Gasteiger charge is -2.40. The zero-order valence-electron chi connectivity index (χ0n) is 15.4. The van der Waals surface area contributed by atoms with Crippen LogP contribution in [-0.4, -0.2) is 83.8 Å². The number of carbonyl (C=O) groups excluding carboxylic acids is 1. The van der Waals surface area contributed by atoms with Crippen LogP contribution in [0, 0.1) is 11.8 Å². The van der Waals surface area contributed by atoms with Crippen molar-refractivity contribution in [2.75, 3.05) is 34.3 Å². The van der Waals surface area contributed by atoms with Crippen LogP contribution in [0.4, 0.5) is 0 Å². The summed E-state index contributed by atoms with van der Waals surface area (Å²) in [6.45, 7) is 1.30. The molecule has 0 unspecified atom stereocenters. The maximum atomic E-state index is 12.6. The standard InChI is InChI=1S/C17H25N3O3.CH2O2/c1-19(2)15-6-11-9-20(10-12(11)7-16(15)23-3)17(22)14-5-4-13(21)8-18-14;2-1-3/h4-5,8,11-12,15-16,21H,6-7,9-10H2,1-3H3;1H,(H,2,3)/t11-,12+,15-,16-;/m1./s1. The molecular formula is C18H27N3O5. The summed E-state index contributed by atoms with van der Waals surface area (Å²) in [6.07, 6.45) is 3.60. The molecular weight excluding hydrogens is 338 g/mol. The molecule has 1 aromatic heterocycles. The first-order chi connectivity index (χ1) is 12.4. The molecule has 1 aromatic rings. The number of hydrogen-bond donors (Lipinski definition) is 2. The van der Waals surface area contributed by atoms with E-state index in [-0.39, 0.29) is 24.2 Å². The van der Waals surface area contributed by atoms with Crippen LogP contribution in [0.5, 0.6) is 5.75 Å². The molecule has 4 atom stereocenters. The molecule has 8 heteroatoms. The molecule has 1 aliphatic carbocycles. The third kappa shape index (κ3) is 4.50. The maximum absolute atomic E-state index is 12.6. The Kier molecular flexibility index (Phi) is 6.93. The van der Waals surface area contributed by atoms with Gasteiger partial charge in [0.15, 0.2) is 0 Å². The second-order valence-corrected chi connectivity index (χ2v) is 7.01. The van der Waals surface area contributed by atoms with Gasteiger partial charge in [-0.3, -0.25) is 9.59 Å². The second-order valence-electron chi connectivity index (χ2n) is 7.01. The Bertz CT molecular complexity index is 607. The van der Waals surface area contributed by atoms with Gasteiger partial charge in [0.25, 0.3) is 12.4 Å². The van der Waals surface area contributed by atoms with E-state index in [1.165, 1.54) is 12.3 Å². The Balaban J connectivity index is 0.000000758. The molecule has 0 radical (unpaired) electrons. The van der Waals surface area contributed by atoms with Gasteiger partial charge < -0.3 is 24.7 Å². The molecule has 0 aromatic carbocycles. The van der Waals surface area contributed by atoms with Crippen molar-refractivity contribution in [1.82, 2.24) is 14.8 Å². The van der Waals surface area contributed by atoms with Crippen molar-refractivity contribution < 1.29 is 24.5 Å². The monoisotopic (exact) mass is 365 g/mol. The molecule has 1 saturated carbocycles. The number of likely N-dealkylation sites (tertiary alicyclic amines) is 1. The van der Waals surface area contributed by atoms with Gasteiger partial charge in [-0.05, 0) is 50.9 Å². The smallest absolute Gasteiger partial charge is 0.290 e. The first kappa shape index (κ1) is 20.1. The summed E-state index contributed by atoms with van der Waals surface area (Å²) < 4.78 is 5.68. The normalized spacial score (nSPS) is 27.5. The number of methoxy groups -OCH3 is 1. The molecule has 1 saturated heterocycles. The number of fused-ring (bicyclic) bond motifs is 1. The number of nitrogens with zero attached hydrogens (tertiary/aromatic N) is 3.